The van der Waals surface area contributed by atoms with E-state index in [0.29, 0.717) is 0 Å². The van der Waals surface area contributed by atoms with Gasteiger partial charge < -0.3 is 0 Å². The van der Waals surface area contributed by atoms with Crippen molar-refractivity contribution in [1.29, 1.82) is 0 Å². The predicted octanol–water partition coefficient (Wildman–Crippen LogP) is 3.16. The van der Waals surface area contributed by atoms with Crippen LogP contribution < -0.4 is 4.57 Å². The second-order valence-corrected chi connectivity index (χ2v) is 4.57. The number of fused-ring (bicyclic) bond motifs is 4. The molecule has 1 heteroatoms. The summed E-state index contributed by atoms with van der Waals surface area (Å²) in [4.78, 5) is 0. The minimum Gasteiger partial charge on any atom is -0.194 e. The molecule has 2 aromatic carbocycles. The minimum atomic E-state index is 0.996. The Morgan fingerprint density at radius 3 is 2.47 bits per heavy atom. The summed E-state index contributed by atoms with van der Waals surface area (Å²) in [5.41, 5.74) is 4.13. The lowest BCUT2D eigenvalue weighted by Crippen LogP contribution is -2.31. The third-order valence-electron chi connectivity index (χ3n) is 3.53. The van der Waals surface area contributed by atoms with Gasteiger partial charge >= 0.3 is 0 Å². The molecule has 17 heavy (non-hydrogen) atoms. The number of aromatic nitrogens is 1. The van der Waals surface area contributed by atoms with Gasteiger partial charge in [-0.1, -0.05) is 24.3 Å². The molecule has 0 bridgehead atoms. The van der Waals surface area contributed by atoms with E-state index in [-0.39, 0.29) is 0 Å². The predicted molar refractivity (Wildman–Crippen MR) is 68.7 cm³/mol. The molecular weight excluding hydrogens is 206 g/mol. The van der Waals surface area contributed by atoms with Crippen molar-refractivity contribution in [3.05, 3.63) is 66.4 Å². The van der Waals surface area contributed by atoms with Gasteiger partial charge in [0.2, 0.25) is 5.69 Å². The smallest absolute Gasteiger partial charge is 0.194 e. The quantitative estimate of drug-likeness (QED) is 0.399. The third-order valence-corrected chi connectivity index (χ3v) is 3.53. The normalized spacial score (nSPS) is 12.5. The van der Waals surface area contributed by atoms with E-state index in [1.807, 2.05) is 0 Å². The summed E-state index contributed by atoms with van der Waals surface area (Å²) in [7, 11) is 0. The van der Waals surface area contributed by atoms with Gasteiger partial charge in [-0.05, 0) is 29.0 Å². The number of pyridine rings is 1. The zero-order chi connectivity index (χ0) is 11.2. The van der Waals surface area contributed by atoms with Crippen molar-refractivity contribution >= 4 is 10.8 Å². The summed E-state index contributed by atoms with van der Waals surface area (Å²) >= 11 is 0. The van der Waals surface area contributed by atoms with Gasteiger partial charge in [0.15, 0.2) is 12.7 Å². The molecule has 1 aliphatic rings. The molecule has 0 unspecified atom stereocenters. The summed E-state index contributed by atoms with van der Waals surface area (Å²) < 4.78 is 2.31. The first-order valence-electron chi connectivity index (χ1n) is 5.92. The maximum absolute atomic E-state index is 2.32. The summed E-state index contributed by atoms with van der Waals surface area (Å²) in [5.74, 6) is 0. The molecule has 3 aromatic rings. The van der Waals surface area contributed by atoms with Crippen molar-refractivity contribution in [3.8, 4) is 11.3 Å². The van der Waals surface area contributed by atoms with Crippen LogP contribution in [0.2, 0.25) is 0 Å². The van der Waals surface area contributed by atoms with Gasteiger partial charge in [-0.2, -0.15) is 4.57 Å². The van der Waals surface area contributed by atoms with Crippen LogP contribution in [0.25, 0.3) is 22.0 Å². The van der Waals surface area contributed by atoms with E-state index in [4.69, 9.17) is 0 Å². The van der Waals surface area contributed by atoms with Crippen molar-refractivity contribution in [2.45, 2.75) is 6.54 Å². The first-order chi connectivity index (χ1) is 8.42. The third kappa shape index (κ3) is 1.22. The molecule has 0 radical (unpaired) electrons. The van der Waals surface area contributed by atoms with Crippen molar-refractivity contribution in [3.63, 3.8) is 0 Å². The van der Waals surface area contributed by atoms with Crippen LogP contribution in [-0.2, 0) is 6.54 Å². The molecule has 1 aromatic heterocycles. The van der Waals surface area contributed by atoms with E-state index >= 15 is 0 Å². The maximum atomic E-state index is 2.32. The Kier molecular flexibility index (Phi) is 1.67. The molecule has 0 saturated carbocycles. The molecule has 80 valence electrons. The van der Waals surface area contributed by atoms with E-state index in [9.17, 15) is 0 Å². The SMILES string of the molecule is c1cc[n+]2c(c1)-c1cc3ccccc3cc1C2. The number of benzene rings is 2. The molecule has 1 nitrogen and oxygen atoms in total. The summed E-state index contributed by atoms with van der Waals surface area (Å²) in [5, 5.41) is 2.66. The average Bonchev–Trinajstić information content (AvgIpc) is 2.73. The lowest BCUT2D eigenvalue weighted by atomic mass is 10.0. The zero-order valence-electron chi connectivity index (χ0n) is 9.43. The zero-order valence-corrected chi connectivity index (χ0v) is 9.43. The fraction of sp³-hybridized carbons (Fsp3) is 0.0625. The molecule has 0 amide bonds. The highest BCUT2D eigenvalue weighted by Crippen LogP contribution is 2.30. The molecule has 0 spiro atoms. The number of hydrogen-bond acceptors (Lipinski definition) is 0. The highest BCUT2D eigenvalue weighted by Gasteiger charge is 2.25. The van der Waals surface area contributed by atoms with Crippen LogP contribution in [0.4, 0.5) is 0 Å². The second kappa shape index (κ2) is 3.17. The van der Waals surface area contributed by atoms with E-state index in [1.54, 1.807) is 0 Å². The number of hydrogen-bond donors (Lipinski definition) is 0. The Balaban J connectivity index is 2.07. The minimum absolute atomic E-state index is 0.996. The fourth-order valence-electron chi connectivity index (χ4n) is 2.70. The molecule has 0 atom stereocenters. The largest absolute Gasteiger partial charge is 0.213 e. The lowest BCUT2D eigenvalue weighted by Gasteiger charge is -1.99. The highest BCUT2D eigenvalue weighted by atomic mass is 15.0. The van der Waals surface area contributed by atoms with E-state index < -0.39 is 0 Å². The maximum Gasteiger partial charge on any atom is 0.213 e. The van der Waals surface area contributed by atoms with Gasteiger partial charge in [-0.25, -0.2) is 0 Å². The van der Waals surface area contributed by atoms with Crippen LogP contribution in [0.5, 0.6) is 0 Å². The van der Waals surface area contributed by atoms with Gasteiger partial charge in [0, 0.05) is 17.7 Å². The van der Waals surface area contributed by atoms with Crippen molar-refractivity contribution in [2.75, 3.05) is 0 Å². The molecule has 0 aliphatic carbocycles. The monoisotopic (exact) mass is 218 g/mol. The molecule has 2 heterocycles. The van der Waals surface area contributed by atoms with Crippen LogP contribution >= 0.6 is 0 Å². The van der Waals surface area contributed by atoms with Crippen LogP contribution in [-0.4, -0.2) is 0 Å². The van der Waals surface area contributed by atoms with Gasteiger partial charge in [0.25, 0.3) is 0 Å². The molecule has 1 aliphatic heterocycles. The Labute approximate surface area is 100.0 Å². The van der Waals surface area contributed by atoms with Crippen LogP contribution in [0.1, 0.15) is 5.56 Å². The topological polar surface area (TPSA) is 3.88 Å². The second-order valence-electron chi connectivity index (χ2n) is 4.57. The standard InChI is InChI=1S/C16H12N/c1-2-6-13-10-15-14(9-12(13)5-1)11-17-8-4-3-7-16(15)17/h1-10H,11H2/q+1. The molecule has 0 N–H and O–H groups in total. The van der Waals surface area contributed by atoms with Crippen LogP contribution in [0.15, 0.2) is 60.8 Å². The first-order valence-corrected chi connectivity index (χ1v) is 5.92. The van der Waals surface area contributed by atoms with E-state index in [0.717, 1.165) is 6.54 Å². The van der Waals surface area contributed by atoms with Crippen molar-refractivity contribution in [1.82, 2.24) is 0 Å². The van der Waals surface area contributed by atoms with Gasteiger partial charge in [-0.3, -0.25) is 0 Å². The van der Waals surface area contributed by atoms with Gasteiger partial charge in [0.1, 0.15) is 0 Å². The molecule has 0 saturated heterocycles. The average molecular weight is 218 g/mol. The highest BCUT2D eigenvalue weighted by molar-refractivity contribution is 5.88. The van der Waals surface area contributed by atoms with E-state index in [2.05, 4.69) is 65.4 Å². The number of nitrogens with zero attached hydrogens (tertiary/aromatic N) is 1. The Morgan fingerprint density at radius 2 is 1.59 bits per heavy atom. The van der Waals surface area contributed by atoms with Crippen LogP contribution in [0.3, 0.4) is 0 Å². The van der Waals surface area contributed by atoms with Crippen molar-refractivity contribution < 1.29 is 4.57 Å². The molecular formula is C16H12N+. The van der Waals surface area contributed by atoms with Crippen molar-refractivity contribution in [2.24, 2.45) is 0 Å². The first kappa shape index (κ1) is 8.94. The Hall–Kier alpha value is -2.15. The fourth-order valence-corrected chi connectivity index (χ4v) is 2.70. The summed E-state index contributed by atoms with van der Waals surface area (Å²) in [6.45, 7) is 0.996. The lowest BCUT2D eigenvalue weighted by molar-refractivity contribution is -0.672. The Bertz CT molecular complexity index is 728. The van der Waals surface area contributed by atoms with Gasteiger partial charge in [-0.15, -0.1) is 0 Å². The molecule has 4 rings (SSSR count). The van der Waals surface area contributed by atoms with E-state index in [1.165, 1.54) is 27.6 Å². The molecule has 0 fully saturated rings. The number of rotatable bonds is 0. The van der Waals surface area contributed by atoms with Crippen LogP contribution in [0, 0.1) is 0 Å². The Morgan fingerprint density at radius 1 is 0.824 bits per heavy atom. The summed E-state index contributed by atoms with van der Waals surface area (Å²) in [6.07, 6.45) is 2.15. The summed E-state index contributed by atoms with van der Waals surface area (Å²) in [6, 6.07) is 19.6. The van der Waals surface area contributed by atoms with Gasteiger partial charge in [0.05, 0.1) is 5.56 Å².